The largest absolute Gasteiger partial charge is 0.288 e. The minimum Gasteiger partial charge on any atom is -0.267 e. The van der Waals surface area contributed by atoms with Gasteiger partial charge in [-0.25, -0.2) is 5.43 Å². The van der Waals surface area contributed by atoms with Crippen molar-refractivity contribution in [2.24, 2.45) is 5.10 Å². The summed E-state index contributed by atoms with van der Waals surface area (Å²) in [6.07, 6.45) is 1.28. The molecule has 0 fully saturated rings. The van der Waals surface area contributed by atoms with E-state index in [1.54, 1.807) is 24.3 Å². The van der Waals surface area contributed by atoms with Crippen LogP contribution in [0, 0.1) is 17.0 Å². The van der Waals surface area contributed by atoms with E-state index in [4.69, 9.17) is 23.2 Å². The Hall–Kier alpha value is -2.44. The lowest BCUT2D eigenvalue weighted by Gasteiger charge is -2.03. The summed E-state index contributed by atoms with van der Waals surface area (Å²) in [5.41, 5.74) is 3.73. The summed E-state index contributed by atoms with van der Waals surface area (Å²) in [5, 5.41) is 14.9. The minimum absolute atomic E-state index is 0.0302. The van der Waals surface area contributed by atoms with Crippen LogP contribution in [0.1, 0.15) is 21.5 Å². The van der Waals surface area contributed by atoms with Gasteiger partial charge in [-0.15, -0.1) is 0 Å². The number of rotatable bonds is 4. The van der Waals surface area contributed by atoms with E-state index in [-0.39, 0.29) is 16.3 Å². The Morgan fingerprint density at radius 3 is 2.61 bits per heavy atom. The van der Waals surface area contributed by atoms with E-state index < -0.39 is 10.8 Å². The number of nitro benzene ring substituents is 1. The van der Waals surface area contributed by atoms with E-state index in [0.29, 0.717) is 10.6 Å². The van der Waals surface area contributed by atoms with Gasteiger partial charge in [0.2, 0.25) is 0 Å². The van der Waals surface area contributed by atoms with Gasteiger partial charge in [0.15, 0.2) is 0 Å². The molecule has 0 heterocycles. The molecule has 0 aliphatic rings. The molecule has 0 aliphatic heterocycles. The molecule has 0 atom stereocenters. The van der Waals surface area contributed by atoms with Gasteiger partial charge in [-0.2, -0.15) is 5.10 Å². The summed E-state index contributed by atoms with van der Waals surface area (Å²) in [7, 11) is 0. The number of nitrogens with one attached hydrogen (secondary N) is 1. The first-order chi connectivity index (χ1) is 10.9. The molecule has 8 heteroatoms. The monoisotopic (exact) mass is 351 g/mol. The summed E-state index contributed by atoms with van der Waals surface area (Å²) in [4.78, 5) is 22.2. The number of amides is 1. The maximum absolute atomic E-state index is 12.0. The summed E-state index contributed by atoms with van der Waals surface area (Å²) < 4.78 is 0. The number of carbonyl (C=O) groups excluding carboxylic acids is 1. The third kappa shape index (κ3) is 4.28. The highest BCUT2D eigenvalue weighted by Gasteiger charge is 2.12. The van der Waals surface area contributed by atoms with Crippen molar-refractivity contribution in [1.29, 1.82) is 0 Å². The molecule has 118 valence electrons. The van der Waals surface area contributed by atoms with Gasteiger partial charge in [0.1, 0.15) is 5.02 Å². The molecule has 0 bridgehead atoms. The van der Waals surface area contributed by atoms with Crippen molar-refractivity contribution >= 4 is 41.0 Å². The van der Waals surface area contributed by atoms with Crippen molar-refractivity contribution in [3.05, 3.63) is 73.2 Å². The molecular weight excluding hydrogens is 341 g/mol. The fraction of sp³-hybridized carbons (Fsp3) is 0.0667. The van der Waals surface area contributed by atoms with Gasteiger partial charge >= 0.3 is 0 Å². The Balaban J connectivity index is 2.11. The van der Waals surface area contributed by atoms with Crippen LogP contribution in [0.15, 0.2) is 41.5 Å². The van der Waals surface area contributed by atoms with Crippen molar-refractivity contribution in [2.45, 2.75) is 6.92 Å². The van der Waals surface area contributed by atoms with Crippen LogP contribution < -0.4 is 5.43 Å². The number of nitrogens with zero attached hydrogens (tertiary/aromatic N) is 2. The number of carbonyl (C=O) groups is 1. The Morgan fingerprint density at radius 1 is 1.22 bits per heavy atom. The zero-order valence-electron chi connectivity index (χ0n) is 11.9. The second kappa shape index (κ2) is 7.21. The standard InChI is InChI=1S/C15H11Cl2N3O3/c1-9-2-4-11(13(17)6-9)15(21)19-18-8-10-3-5-12(16)14(7-10)20(22)23/h2-8H,1H3,(H,19,21). The number of aryl methyl sites for hydroxylation is 1. The molecule has 0 saturated heterocycles. The van der Waals surface area contributed by atoms with Crippen molar-refractivity contribution in [1.82, 2.24) is 5.43 Å². The third-order valence-electron chi connectivity index (χ3n) is 2.92. The number of hydrazone groups is 1. The van der Waals surface area contributed by atoms with Gasteiger partial charge in [0.05, 0.1) is 21.7 Å². The normalized spacial score (nSPS) is 10.7. The Kier molecular flexibility index (Phi) is 5.31. The number of nitro groups is 1. The minimum atomic E-state index is -0.593. The first-order valence-electron chi connectivity index (χ1n) is 6.42. The maximum Gasteiger partial charge on any atom is 0.288 e. The summed E-state index contributed by atoms with van der Waals surface area (Å²) >= 11 is 11.7. The van der Waals surface area contributed by atoms with Crippen LogP contribution >= 0.6 is 23.2 Å². The van der Waals surface area contributed by atoms with Gasteiger partial charge in [0.25, 0.3) is 11.6 Å². The summed E-state index contributed by atoms with van der Waals surface area (Å²) in [5.74, 6) is -0.477. The quantitative estimate of drug-likeness (QED) is 0.513. The lowest BCUT2D eigenvalue weighted by Crippen LogP contribution is -2.18. The molecular formula is C15H11Cl2N3O3. The first kappa shape index (κ1) is 16.9. The highest BCUT2D eigenvalue weighted by molar-refractivity contribution is 6.34. The third-order valence-corrected chi connectivity index (χ3v) is 3.55. The topological polar surface area (TPSA) is 84.6 Å². The van der Waals surface area contributed by atoms with E-state index in [9.17, 15) is 14.9 Å². The van der Waals surface area contributed by atoms with Crippen molar-refractivity contribution in [2.75, 3.05) is 0 Å². The molecule has 2 aromatic carbocycles. The molecule has 0 aromatic heterocycles. The zero-order chi connectivity index (χ0) is 17.0. The fourth-order valence-corrected chi connectivity index (χ4v) is 2.29. The van der Waals surface area contributed by atoms with Gasteiger partial charge in [-0.05, 0) is 30.7 Å². The van der Waals surface area contributed by atoms with E-state index in [2.05, 4.69) is 10.5 Å². The maximum atomic E-state index is 12.0. The number of benzene rings is 2. The molecule has 1 amide bonds. The van der Waals surface area contributed by atoms with Crippen molar-refractivity contribution in [3.8, 4) is 0 Å². The molecule has 2 rings (SSSR count). The van der Waals surface area contributed by atoms with E-state index in [1.165, 1.54) is 18.3 Å². The molecule has 2 aromatic rings. The highest BCUT2D eigenvalue weighted by Crippen LogP contribution is 2.24. The molecule has 0 unspecified atom stereocenters. The number of hydrogen-bond donors (Lipinski definition) is 1. The number of hydrogen-bond acceptors (Lipinski definition) is 4. The van der Waals surface area contributed by atoms with Crippen LogP contribution in [-0.2, 0) is 0 Å². The average Bonchev–Trinajstić information content (AvgIpc) is 2.48. The van der Waals surface area contributed by atoms with Crippen LogP contribution in [0.2, 0.25) is 10.0 Å². The molecule has 0 saturated carbocycles. The summed E-state index contributed by atoms with van der Waals surface area (Å²) in [6, 6.07) is 9.21. The van der Waals surface area contributed by atoms with Gasteiger partial charge in [-0.1, -0.05) is 35.3 Å². The van der Waals surface area contributed by atoms with Crippen LogP contribution in [0.3, 0.4) is 0 Å². The first-order valence-corrected chi connectivity index (χ1v) is 7.17. The summed E-state index contributed by atoms with van der Waals surface area (Å²) in [6.45, 7) is 1.86. The van der Waals surface area contributed by atoms with E-state index >= 15 is 0 Å². The highest BCUT2D eigenvalue weighted by atomic mass is 35.5. The van der Waals surface area contributed by atoms with Gasteiger partial charge < -0.3 is 0 Å². The molecule has 0 spiro atoms. The zero-order valence-corrected chi connectivity index (χ0v) is 13.4. The van der Waals surface area contributed by atoms with E-state index in [0.717, 1.165) is 5.56 Å². The van der Waals surface area contributed by atoms with Crippen LogP contribution in [0.25, 0.3) is 0 Å². The lowest BCUT2D eigenvalue weighted by atomic mass is 10.1. The predicted octanol–water partition coefficient (Wildman–Crippen LogP) is 3.97. The smallest absolute Gasteiger partial charge is 0.267 e. The van der Waals surface area contributed by atoms with Crippen LogP contribution in [0.4, 0.5) is 5.69 Å². The second-order valence-electron chi connectivity index (χ2n) is 4.65. The molecule has 1 N–H and O–H groups in total. The SMILES string of the molecule is Cc1ccc(C(=O)NN=Cc2ccc(Cl)c([N+](=O)[O-])c2)c(Cl)c1. The Bertz CT molecular complexity index is 807. The number of halogens is 2. The van der Waals surface area contributed by atoms with Crippen LogP contribution in [0.5, 0.6) is 0 Å². The Labute approximate surface area is 141 Å². The molecule has 23 heavy (non-hydrogen) atoms. The van der Waals surface area contributed by atoms with Crippen LogP contribution in [-0.4, -0.2) is 17.0 Å². The second-order valence-corrected chi connectivity index (χ2v) is 5.46. The molecule has 0 radical (unpaired) electrons. The predicted molar refractivity (Wildman–Crippen MR) is 89.4 cm³/mol. The van der Waals surface area contributed by atoms with E-state index in [1.807, 2.05) is 6.92 Å². The molecule has 6 nitrogen and oxygen atoms in total. The van der Waals surface area contributed by atoms with Gasteiger partial charge in [-0.3, -0.25) is 14.9 Å². The van der Waals surface area contributed by atoms with Gasteiger partial charge in [0, 0.05) is 11.6 Å². The lowest BCUT2D eigenvalue weighted by molar-refractivity contribution is -0.384. The molecule has 0 aliphatic carbocycles. The fourth-order valence-electron chi connectivity index (χ4n) is 1.78. The Morgan fingerprint density at radius 2 is 1.96 bits per heavy atom. The van der Waals surface area contributed by atoms with Crippen molar-refractivity contribution < 1.29 is 9.72 Å². The average molecular weight is 352 g/mol. The van der Waals surface area contributed by atoms with Crippen molar-refractivity contribution in [3.63, 3.8) is 0 Å².